The molecule has 5 nitrogen and oxygen atoms in total. The highest BCUT2D eigenvalue weighted by atomic mass is 19.1. The van der Waals surface area contributed by atoms with Crippen LogP contribution in [0.1, 0.15) is 27.4 Å². The quantitative estimate of drug-likeness (QED) is 0.864. The zero-order valence-corrected chi connectivity index (χ0v) is 10.1. The summed E-state index contributed by atoms with van der Waals surface area (Å²) in [6, 6.07) is 2.65. The van der Waals surface area contributed by atoms with Gasteiger partial charge in [0.05, 0.1) is 5.69 Å². The smallest absolute Gasteiger partial charge is 0.273 e. The van der Waals surface area contributed by atoms with Crippen LogP contribution in [-0.2, 0) is 6.54 Å². The van der Waals surface area contributed by atoms with Crippen LogP contribution in [0.25, 0.3) is 0 Å². The number of H-pyrrole nitrogens is 1. The van der Waals surface area contributed by atoms with Crippen molar-refractivity contribution in [2.75, 3.05) is 0 Å². The second-order valence-electron chi connectivity index (χ2n) is 3.93. The Labute approximate surface area is 103 Å². The zero-order valence-electron chi connectivity index (χ0n) is 10.1. The highest BCUT2D eigenvalue weighted by Gasteiger charge is 2.14. The van der Waals surface area contributed by atoms with Crippen molar-refractivity contribution < 1.29 is 9.18 Å². The molecule has 2 rings (SSSR count). The van der Waals surface area contributed by atoms with Gasteiger partial charge in [0, 0.05) is 24.0 Å². The first-order valence-corrected chi connectivity index (χ1v) is 5.48. The van der Waals surface area contributed by atoms with Crippen molar-refractivity contribution in [1.82, 2.24) is 20.5 Å². The van der Waals surface area contributed by atoms with Gasteiger partial charge in [-0.2, -0.15) is 5.10 Å². The van der Waals surface area contributed by atoms with Crippen molar-refractivity contribution in [3.63, 3.8) is 0 Å². The van der Waals surface area contributed by atoms with Gasteiger partial charge in [-0.1, -0.05) is 0 Å². The number of nitrogens with one attached hydrogen (secondary N) is 2. The number of hydrogen-bond acceptors (Lipinski definition) is 3. The van der Waals surface area contributed by atoms with Gasteiger partial charge < -0.3 is 5.32 Å². The molecule has 94 valence electrons. The number of carbonyl (C=O) groups excluding carboxylic acids is 1. The molecule has 0 saturated carbocycles. The fourth-order valence-corrected chi connectivity index (χ4v) is 1.64. The molecule has 2 N–H and O–H groups in total. The predicted molar refractivity (Wildman–Crippen MR) is 63.4 cm³/mol. The Bertz CT molecular complexity index is 560. The molecule has 0 aliphatic heterocycles. The molecule has 2 aromatic heterocycles. The molecule has 0 aromatic carbocycles. The van der Waals surface area contributed by atoms with E-state index in [0.29, 0.717) is 6.54 Å². The molecule has 0 spiro atoms. The summed E-state index contributed by atoms with van der Waals surface area (Å²) in [6.07, 6.45) is 1.38. The molecule has 0 radical (unpaired) electrons. The van der Waals surface area contributed by atoms with E-state index < -0.39 is 11.7 Å². The predicted octanol–water partition coefficient (Wildman–Crippen LogP) is 1.49. The standard InChI is InChI=1S/C12H13FN4O/c1-7-9(8(2)17-16-7)6-15-12(18)11-10(13)4-3-5-14-11/h3-5H,6H2,1-2H3,(H,15,18)(H,16,17). The van der Waals surface area contributed by atoms with Crippen LogP contribution >= 0.6 is 0 Å². The Morgan fingerprint density at radius 3 is 2.89 bits per heavy atom. The fraction of sp³-hybridized carbons (Fsp3) is 0.250. The van der Waals surface area contributed by atoms with E-state index in [0.717, 1.165) is 17.0 Å². The van der Waals surface area contributed by atoms with Gasteiger partial charge in [-0.15, -0.1) is 0 Å². The molecule has 0 bridgehead atoms. The van der Waals surface area contributed by atoms with E-state index >= 15 is 0 Å². The molecule has 0 atom stereocenters. The van der Waals surface area contributed by atoms with Crippen molar-refractivity contribution in [3.05, 3.63) is 46.8 Å². The zero-order chi connectivity index (χ0) is 13.1. The third-order valence-electron chi connectivity index (χ3n) is 2.68. The van der Waals surface area contributed by atoms with Gasteiger partial charge in [0.2, 0.25) is 0 Å². The maximum atomic E-state index is 13.3. The molecule has 18 heavy (non-hydrogen) atoms. The normalized spacial score (nSPS) is 10.4. The third-order valence-corrected chi connectivity index (χ3v) is 2.68. The van der Waals surface area contributed by atoms with E-state index in [1.165, 1.54) is 18.3 Å². The Balaban J connectivity index is 2.08. The molecule has 0 saturated heterocycles. The molecule has 6 heteroatoms. The highest BCUT2D eigenvalue weighted by molar-refractivity contribution is 5.92. The lowest BCUT2D eigenvalue weighted by Crippen LogP contribution is -2.25. The molecule has 0 fully saturated rings. The summed E-state index contributed by atoms with van der Waals surface area (Å²) >= 11 is 0. The first kappa shape index (κ1) is 12.2. The highest BCUT2D eigenvalue weighted by Crippen LogP contribution is 2.09. The average molecular weight is 248 g/mol. The van der Waals surface area contributed by atoms with Gasteiger partial charge in [0.15, 0.2) is 11.5 Å². The summed E-state index contributed by atoms with van der Waals surface area (Å²) in [6.45, 7) is 4.00. The molecular formula is C12H13FN4O. The lowest BCUT2D eigenvalue weighted by molar-refractivity contribution is 0.0941. The number of amides is 1. The number of aromatic nitrogens is 3. The molecule has 2 heterocycles. The van der Waals surface area contributed by atoms with Crippen molar-refractivity contribution in [2.24, 2.45) is 0 Å². The monoisotopic (exact) mass is 248 g/mol. The number of aryl methyl sites for hydroxylation is 2. The van der Waals surface area contributed by atoms with Crippen molar-refractivity contribution in [3.8, 4) is 0 Å². The molecule has 0 aliphatic carbocycles. The summed E-state index contributed by atoms with van der Waals surface area (Å²) in [4.78, 5) is 15.5. The first-order chi connectivity index (χ1) is 8.59. The van der Waals surface area contributed by atoms with Gasteiger partial charge in [-0.3, -0.25) is 9.89 Å². The third kappa shape index (κ3) is 2.37. The van der Waals surface area contributed by atoms with E-state index in [9.17, 15) is 9.18 Å². The molecule has 1 amide bonds. The number of halogens is 1. The number of hydrogen-bond donors (Lipinski definition) is 2. The Kier molecular flexibility index (Phi) is 3.36. The van der Waals surface area contributed by atoms with E-state index in [-0.39, 0.29) is 5.69 Å². The van der Waals surface area contributed by atoms with Crippen molar-refractivity contribution >= 4 is 5.91 Å². The van der Waals surface area contributed by atoms with Crippen LogP contribution in [0.15, 0.2) is 18.3 Å². The summed E-state index contributed by atoms with van der Waals surface area (Å²) in [5, 5.41) is 9.46. The number of rotatable bonds is 3. The van der Waals surface area contributed by atoms with Gasteiger partial charge in [0.25, 0.3) is 5.91 Å². The van der Waals surface area contributed by atoms with Crippen LogP contribution in [0.2, 0.25) is 0 Å². The fourth-order valence-electron chi connectivity index (χ4n) is 1.64. The van der Waals surface area contributed by atoms with Crippen LogP contribution < -0.4 is 5.32 Å². The van der Waals surface area contributed by atoms with Crippen molar-refractivity contribution in [2.45, 2.75) is 20.4 Å². The van der Waals surface area contributed by atoms with E-state index in [1.54, 1.807) is 0 Å². The average Bonchev–Trinajstić information content (AvgIpc) is 2.67. The second kappa shape index (κ2) is 4.95. The number of nitrogens with zero attached hydrogens (tertiary/aromatic N) is 2. The van der Waals surface area contributed by atoms with Crippen LogP contribution in [0, 0.1) is 19.7 Å². The second-order valence-corrected chi connectivity index (χ2v) is 3.93. The van der Waals surface area contributed by atoms with E-state index in [2.05, 4.69) is 20.5 Å². The van der Waals surface area contributed by atoms with Gasteiger partial charge in [-0.05, 0) is 26.0 Å². The maximum Gasteiger partial charge on any atom is 0.273 e. The van der Waals surface area contributed by atoms with Crippen LogP contribution in [0.4, 0.5) is 4.39 Å². The van der Waals surface area contributed by atoms with Gasteiger partial charge in [-0.25, -0.2) is 9.37 Å². The van der Waals surface area contributed by atoms with Crippen molar-refractivity contribution in [1.29, 1.82) is 0 Å². The Morgan fingerprint density at radius 1 is 1.50 bits per heavy atom. The van der Waals surface area contributed by atoms with E-state index in [1.807, 2.05) is 13.8 Å². The minimum absolute atomic E-state index is 0.198. The van der Waals surface area contributed by atoms with E-state index in [4.69, 9.17) is 0 Å². The summed E-state index contributed by atoms with van der Waals surface area (Å²) in [5.41, 5.74) is 2.40. The summed E-state index contributed by atoms with van der Waals surface area (Å²) < 4.78 is 13.3. The van der Waals surface area contributed by atoms with Crippen LogP contribution in [0.5, 0.6) is 0 Å². The topological polar surface area (TPSA) is 70.7 Å². The minimum Gasteiger partial charge on any atom is -0.346 e. The molecule has 0 unspecified atom stereocenters. The van der Waals surface area contributed by atoms with Crippen LogP contribution in [0.3, 0.4) is 0 Å². The summed E-state index contributed by atoms with van der Waals surface area (Å²) in [5.74, 6) is -1.16. The first-order valence-electron chi connectivity index (χ1n) is 5.48. The number of carbonyl (C=O) groups is 1. The van der Waals surface area contributed by atoms with Crippen LogP contribution in [-0.4, -0.2) is 21.1 Å². The summed E-state index contributed by atoms with van der Waals surface area (Å²) in [7, 11) is 0. The Hall–Kier alpha value is -2.24. The van der Waals surface area contributed by atoms with Gasteiger partial charge >= 0.3 is 0 Å². The SMILES string of the molecule is Cc1n[nH]c(C)c1CNC(=O)c1ncccc1F. The molecular weight excluding hydrogens is 235 g/mol. The maximum absolute atomic E-state index is 13.3. The molecule has 2 aromatic rings. The Morgan fingerprint density at radius 2 is 2.28 bits per heavy atom. The molecule has 0 aliphatic rings. The lowest BCUT2D eigenvalue weighted by atomic mass is 10.2. The van der Waals surface area contributed by atoms with Gasteiger partial charge in [0.1, 0.15) is 0 Å². The number of aromatic amines is 1. The largest absolute Gasteiger partial charge is 0.346 e. The lowest BCUT2D eigenvalue weighted by Gasteiger charge is -2.05. The minimum atomic E-state index is -0.629. The number of pyridine rings is 1.